The molecular weight excluding hydrogens is 262 g/mol. The Hall–Kier alpha value is -2.29. The summed E-state index contributed by atoms with van der Waals surface area (Å²) < 4.78 is 0. The van der Waals surface area contributed by atoms with E-state index in [0.29, 0.717) is 11.5 Å². The summed E-state index contributed by atoms with van der Waals surface area (Å²) in [6, 6.07) is 11.0. The summed E-state index contributed by atoms with van der Waals surface area (Å²) in [6.07, 6.45) is 0. The third kappa shape index (κ3) is 3.24. The lowest BCUT2D eigenvalue weighted by Gasteiger charge is -2.16. The van der Waals surface area contributed by atoms with Gasteiger partial charge < -0.3 is 10.4 Å². The maximum Gasteiger partial charge on any atom is 0.255 e. The fraction of sp³-hybridized carbons (Fsp3) is 0.278. The number of anilines is 1. The Morgan fingerprint density at radius 2 is 1.81 bits per heavy atom. The van der Waals surface area contributed by atoms with Gasteiger partial charge in [0.15, 0.2) is 0 Å². The van der Waals surface area contributed by atoms with E-state index in [1.54, 1.807) is 19.1 Å². The van der Waals surface area contributed by atoms with Crippen LogP contribution in [-0.4, -0.2) is 11.0 Å². The second kappa shape index (κ2) is 6.00. The van der Waals surface area contributed by atoms with Crippen molar-refractivity contribution in [3.63, 3.8) is 0 Å². The van der Waals surface area contributed by atoms with Gasteiger partial charge in [0.05, 0.1) is 0 Å². The van der Waals surface area contributed by atoms with Crippen LogP contribution in [0.1, 0.15) is 46.8 Å². The van der Waals surface area contributed by atoms with E-state index in [1.807, 2.05) is 25.1 Å². The molecule has 0 fully saturated rings. The molecule has 2 rings (SSSR count). The largest absolute Gasteiger partial charge is 0.508 e. The molecule has 2 aromatic carbocycles. The van der Waals surface area contributed by atoms with Crippen molar-refractivity contribution in [2.45, 2.75) is 33.6 Å². The van der Waals surface area contributed by atoms with Crippen molar-refractivity contribution in [2.75, 3.05) is 5.32 Å². The fourth-order valence-corrected chi connectivity index (χ4v) is 2.28. The standard InChI is InChI=1S/C18H21NO2/c1-11(2)15-7-5-6-13(4)17(15)19-18(21)14-9-8-12(3)16(20)10-14/h5-11,20H,1-4H3,(H,19,21). The second-order valence-corrected chi connectivity index (χ2v) is 5.65. The molecule has 0 bridgehead atoms. The van der Waals surface area contributed by atoms with Gasteiger partial charge in [-0.2, -0.15) is 0 Å². The number of para-hydroxylation sites is 1. The first kappa shape index (κ1) is 15.1. The number of phenolic OH excluding ortho intramolecular Hbond substituents is 1. The summed E-state index contributed by atoms with van der Waals surface area (Å²) in [5, 5.41) is 12.7. The van der Waals surface area contributed by atoms with Gasteiger partial charge in [0, 0.05) is 11.3 Å². The van der Waals surface area contributed by atoms with Gasteiger partial charge >= 0.3 is 0 Å². The highest BCUT2D eigenvalue weighted by molar-refractivity contribution is 6.05. The average molecular weight is 283 g/mol. The van der Waals surface area contributed by atoms with Crippen LogP contribution in [0.15, 0.2) is 36.4 Å². The lowest BCUT2D eigenvalue weighted by atomic mass is 9.98. The molecule has 0 aromatic heterocycles. The van der Waals surface area contributed by atoms with Crippen LogP contribution in [0.5, 0.6) is 5.75 Å². The molecule has 0 aliphatic carbocycles. The molecule has 0 aliphatic rings. The molecule has 3 nitrogen and oxygen atoms in total. The molecule has 0 radical (unpaired) electrons. The first-order chi connectivity index (χ1) is 9.90. The van der Waals surface area contributed by atoms with Crippen LogP contribution in [0, 0.1) is 13.8 Å². The zero-order valence-corrected chi connectivity index (χ0v) is 12.9. The number of aromatic hydroxyl groups is 1. The summed E-state index contributed by atoms with van der Waals surface area (Å²) >= 11 is 0. The second-order valence-electron chi connectivity index (χ2n) is 5.65. The Morgan fingerprint density at radius 1 is 1.10 bits per heavy atom. The number of nitrogens with one attached hydrogen (secondary N) is 1. The number of rotatable bonds is 3. The lowest BCUT2D eigenvalue weighted by molar-refractivity contribution is 0.102. The van der Waals surface area contributed by atoms with Crippen molar-refractivity contribution in [3.8, 4) is 5.75 Å². The van der Waals surface area contributed by atoms with Gasteiger partial charge in [-0.05, 0) is 48.6 Å². The molecule has 110 valence electrons. The van der Waals surface area contributed by atoms with Crippen LogP contribution in [0.3, 0.4) is 0 Å². The third-order valence-electron chi connectivity index (χ3n) is 3.64. The van der Waals surface area contributed by atoms with Gasteiger partial charge in [-0.1, -0.05) is 38.1 Å². The molecule has 0 atom stereocenters. The lowest BCUT2D eigenvalue weighted by Crippen LogP contribution is -2.14. The monoisotopic (exact) mass is 283 g/mol. The molecule has 2 aromatic rings. The minimum absolute atomic E-state index is 0.136. The van der Waals surface area contributed by atoms with Gasteiger partial charge in [-0.25, -0.2) is 0 Å². The molecule has 21 heavy (non-hydrogen) atoms. The van der Waals surface area contributed by atoms with Crippen molar-refractivity contribution >= 4 is 11.6 Å². The van der Waals surface area contributed by atoms with Crippen molar-refractivity contribution in [3.05, 3.63) is 58.7 Å². The van der Waals surface area contributed by atoms with Crippen molar-refractivity contribution in [1.82, 2.24) is 0 Å². The minimum atomic E-state index is -0.207. The van der Waals surface area contributed by atoms with Crippen molar-refractivity contribution < 1.29 is 9.90 Å². The predicted molar refractivity (Wildman–Crippen MR) is 86.1 cm³/mol. The smallest absolute Gasteiger partial charge is 0.255 e. The molecule has 0 saturated heterocycles. The average Bonchev–Trinajstić information content (AvgIpc) is 2.43. The maximum absolute atomic E-state index is 12.4. The highest BCUT2D eigenvalue weighted by Gasteiger charge is 2.14. The first-order valence-corrected chi connectivity index (χ1v) is 7.10. The van der Waals surface area contributed by atoms with Crippen LogP contribution in [0.25, 0.3) is 0 Å². The molecule has 1 amide bonds. The Morgan fingerprint density at radius 3 is 2.43 bits per heavy atom. The third-order valence-corrected chi connectivity index (χ3v) is 3.64. The Bertz CT molecular complexity index is 675. The van der Waals surface area contributed by atoms with E-state index >= 15 is 0 Å². The maximum atomic E-state index is 12.4. The highest BCUT2D eigenvalue weighted by Crippen LogP contribution is 2.28. The van der Waals surface area contributed by atoms with Crippen molar-refractivity contribution in [2.24, 2.45) is 0 Å². The van der Waals surface area contributed by atoms with Crippen LogP contribution in [0.4, 0.5) is 5.69 Å². The zero-order valence-electron chi connectivity index (χ0n) is 12.9. The molecule has 0 unspecified atom stereocenters. The van der Waals surface area contributed by atoms with Crippen molar-refractivity contribution in [1.29, 1.82) is 0 Å². The number of hydrogen-bond acceptors (Lipinski definition) is 2. The molecule has 3 heteroatoms. The number of benzene rings is 2. The molecule has 0 aliphatic heterocycles. The number of phenols is 1. The SMILES string of the molecule is Cc1ccc(C(=O)Nc2c(C)cccc2C(C)C)cc1O. The van der Waals surface area contributed by atoms with Gasteiger partial charge in [0.2, 0.25) is 0 Å². The highest BCUT2D eigenvalue weighted by atomic mass is 16.3. The van der Waals surface area contributed by atoms with Crippen LogP contribution in [0.2, 0.25) is 0 Å². The first-order valence-electron chi connectivity index (χ1n) is 7.10. The van der Waals surface area contributed by atoms with Crippen LogP contribution >= 0.6 is 0 Å². The summed E-state index contributed by atoms with van der Waals surface area (Å²) in [5.74, 6) is 0.254. The summed E-state index contributed by atoms with van der Waals surface area (Å²) in [7, 11) is 0. The van der Waals surface area contributed by atoms with E-state index in [9.17, 15) is 9.90 Å². The number of carbonyl (C=O) groups excluding carboxylic acids is 1. The molecule has 2 N–H and O–H groups in total. The summed E-state index contributed by atoms with van der Waals surface area (Å²) in [4.78, 5) is 12.4. The Balaban J connectivity index is 2.33. The topological polar surface area (TPSA) is 49.3 Å². The summed E-state index contributed by atoms with van der Waals surface area (Å²) in [6.45, 7) is 7.98. The van der Waals surface area contributed by atoms with E-state index in [-0.39, 0.29) is 11.7 Å². The molecular formula is C18H21NO2. The number of carbonyl (C=O) groups is 1. The predicted octanol–water partition coefficient (Wildman–Crippen LogP) is 4.38. The quantitative estimate of drug-likeness (QED) is 0.878. The van der Waals surface area contributed by atoms with Gasteiger partial charge in [-0.15, -0.1) is 0 Å². The van der Waals surface area contributed by atoms with E-state index < -0.39 is 0 Å². The van der Waals surface area contributed by atoms with Crippen LogP contribution in [-0.2, 0) is 0 Å². The number of aryl methyl sites for hydroxylation is 2. The van der Waals surface area contributed by atoms with E-state index in [2.05, 4.69) is 19.2 Å². The Kier molecular flexibility index (Phi) is 4.32. The zero-order chi connectivity index (χ0) is 15.6. The fourth-order valence-electron chi connectivity index (χ4n) is 2.28. The minimum Gasteiger partial charge on any atom is -0.508 e. The van der Waals surface area contributed by atoms with Gasteiger partial charge in [-0.3, -0.25) is 4.79 Å². The molecule has 0 saturated carbocycles. The normalized spacial score (nSPS) is 10.7. The van der Waals surface area contributed by atoms with E-state index in [1.165, 1.54) is 6.07 Å². The van der Waals surface area contributed by atoms with Crippen LogP contribution < -0.4 is 5.32 Å². The summed E-state index contributed by atoms with van der Waals surface area (Å²) in [5.41, 5.74) is 4.21. The Labute approximate surface area is 125 Å². The number of hydrogen-bond donors (Lipinski definition) is 2. The van der Waals surface area contributed by atoms with Gasteiger partial charge in [0.25, 0.3) is 5.91 Å². The molecule has 0 spiro atoms. The molecule has 0 heterocycles. The number of amides is 1. The van der Waals surface area contributed by atoms with Gasteiger partial charge in [0.1, 0.15) is 5.75 Å². The van der Waals surface area contributed by atoms with E-state index in [0.717, 1.165) is 22.4 Å². The van der Waals surface area contributed by atoms with E-state index in [4.69, 9.17) is 0 Å².